The highest BCUT2D eigenvalue weighted by Gasteiger charge is 2.10. The first-order chi connectivity index (χ1) is 13.6. The minimum atomic E-state index is -0.205. The maximum Gasteiger partial charge on any atom is 0.260 e. The molecular weight excluding hydrogens is 354 g/mol. The van der Waals surface area contributed by atoms with Crippen LogP contribution in [0.5, 0.6) is 0 Å². The third kappa shape index (κ3) is 3.59. The highest BCUT2D eigenvalue weighted by atomic mass is 16.3. The van der Waals surface area contributed by atoms with Gasteiger partial charge in [0.25, 0.3) is 5.91 Å². The van der Waals surface area contributed by atoms with Gasteiger partial charge < -0.3 is 13.6 Å². The summed E-state index contributed by atoms with van der Waals surface area (Å²) in [6.07, 6.45) is 5.01. The van der Waals surface area contributed by atoms with Gasteiger partial charge in [0.05, 0.1) is 36.4 Å². The SMILES string of the molecule is Cc1cc(/C=N\NC(=O)Cn2cnc3ccccc32)c(C)n1Cc1ccco1. The van der Waals surface area contributed by atoms with Crippen molar-refractivity contribution in [3.8, 4) is 0 Å². The van der Waals surface area contributed by atoms with Crippen LogP contribution >= 0.6 is 0 Å². The zero-order valence-electron chi connectivity index (χ0n) is 15.8. The third-order valence-electron chi connectivity index (χ3n) is 4.74. The molecule has 0 saturated heterocycles. The van der Waals surface area contributed by atoms with Gasteiger partial charge in [0.1, 0.15) is 12.3 Å². The molecular formula is C21H21N5O2. The first kappa shape index (κ1) is 17.8. The lowest BCUT2D eigenvalue weighted by molar-refractivity contribution is -0.121. The molecule has 0 aliphatic rings. The number of nitrogens with zero attached hydrogens (tertiary/aromatic N) is 4. The molecule has 142 valence electrons. The van der Waals surface area contributed by atoms with Crippen LogP contribution in [0.15, 0.2) is 64.6 Å². The normalized spacial score (nSPS) is 11.5. The van der Waals surface area contributed by atoms with Gasteiger partial charge in [-0.05, 0) is 44.2 Å². The topological polar surface area (TPSA) is 77.4 Å². The lowest BCUT2D eigenvalue weighted by atomic mass is 10.3. The standard InChI is InChI=1S/C21H21N5O2/c1-15-10-17(16(2)26(15)12-18-6-5-9-28-18)11-23-24-21(27)13-25-14-22-19-7-3-4-8-20(19)25/h3-11,14H,12-13H2,1-2H3,(H,24,27)/b23-11-. The van der Waals surface area contributed by atoms with Crippen LogP contribution in [0.3, 0.4) is 0 Å². The molecule has 1 amide bonds. The first-order valence-corrected chi connectivity index (χ1v) is 9.02. The predicted molar refractivity (Wildman–Crippen MR) is 107 cm³/mol. The van der Waals surface area contributed by atoms with Gasteiger partial charge in [-0.1, -0.05) is 12.1 Å². The number of furan rings is 1. The van der Waals surface area contributed by atoms with Crippen LogP contribution in [0.4, 0.5) is 0 Å². The summed E-state index contributed by atoms with van der Waals surface area (Å²) in [5.41, 5.74) is 7.49. The van der Waals surface area contributed by atoms with E-state index in [0.717, 1.165) is 33.7 Å². The molecule has 7 nitrogen and oxygen atoms in total. The van der Waals surface area contributed by atoms with Gasteiger partial charge in [0.2, 0.25) is 0 Å². The Morgan fingerprint density at radius 1 is 1.25 bits per heavy atom. The van der Waals surface area contributed by atoms with Crippen LogP contribution in [0.1, 0.15) is 22.7 Å². The monoisotopic (exact) mass is 375 g/mol. The van der Waals surface area contributed by atoms with Gasteiger partial charge in [-0.2, -0.15) is 5.10 Å². The van der Waals surface area contributed by atoms with Crippen LogP contribution in [0.2, 0.25) is 0 Å². The number of para-hydroxylation sites is 2. The summed E-state index contributed by atoms with van der Waals surface area (Å²) in [6, 6.07) is 13.6. The second kappa shape index (κ2) is 7.56. The van der Waals surface area contributed by atoms with Crippen molar-refractivity contribution < 1.29 is 9.21 Å². The zero-order chi connectivity index (χ0) is 19.5. The Morgan fingerprint density at radius 2 is 2.11 bits per heavy atom. The van der Waals surface area contributed by atoms with Crippen molar-refractivity contribution in [1.82, 2.24) is 19.5 Å². The van der Waals surface area contributed by atoms with Crippen molar-refractivity contribution in [2.24, 2.45) is 5.10 Å². The largest absolute Gasteiger partial charge is 0.467 e. The molecule has 0 bridgehead atoms. The summed E-state index contributed by atoms with van der Waals surface area (Å²) in [5, 5.41) is 4.12. The van der Waals surface area contributed by atoms with Crippen molar-refractivity contribution in [3.05, 3.63) is 77.8 Å². The number of carbonyl (C=O) groups excluding carboxylic acids is 1. The first-order valence-electron chi connectivity index (χ1n) is 9.02. The zero-order valence-corrected chi connectivity index (χ0v) is 15.8. The fourth-order valence-corrected chi connectivity index (χ4v) is 3.26. The number of hydrogen-bond acceptors (Lipinski definition) is 4. The predicted octanol–water partition coefficient (Wildman–Crippen LogP) is 3.25. The number of nitrogens with one attached hydrogen (secondary N) is 1. The summed E-state index contributed by atoms with van der Waals surface area (Å²) >= 11 is 0. The molecule has 0 radical (unpaired) electrons. The molecule has 28 heavy (non-hydrogen) atoms. The molecule has 1 aromatic carbocycles. The molecule has 7 heteroatoms. The van der Waals surface area contributed by atoms with E-state index in [2.05, 4.69) is 20.1 Å². The van der Waals surface area contributed by atoms with Crippen molar-refractivity contribution in [1.29, 1.82) is 0 Å². The molecule has 0 fully saturated rings. The number of benzene rings is 1. The van der Waals surface area contributed by atoms with Crippen molar-refractivity contribution in [2.75, 3.05) is 0 Å². The van der Waals surface area contributed by atoms with E-state index in [4.69, 9.17) is 4.42 Å². The second-order valence-electron chi connectivity index (χ2n) is 6.65. The highest BCUT2D eigenvalue weighted by molar-refractivity contribution is 5.84. The fourth-order valence-electron chi connectivity index (χ4n) is 3.26. The Kier molecular flexibility index (Phi) is 4.80. The van der Waals surface area contributed by atoms with Crippen molar-refractivity contribution in [2.45, 2.75) is 26.9 Å². The van der Waals surface area contributed by atoms with Gasteiger partial charge in [0.15, 0.2) is 0 Å². The van der Waals surface area contributed by atoms with Crippen LogP contribution in [-0.2, 0) is 17.9 Å². The number of carbonyl (C=O) groups is 1. The number of fused-ring (bicyclic) bond motifs is 1. The lowest BCUT2D eigenvalue weighted by Gasteiger charge is -2.07. The quantitative estimate of drug-likeness (QED) is 0.415. The van der Waals surface area contributed by atoms with Gasteiger partial charge in [0, 0.05) is 17.0 Å². The molecule has 3 heterocycles. The van der Waals surface area contributed by atoms with Crippen LogP contribution in [-0.4, -0.2) is 26.2 Å². The molecule has 3 aromatic heterocycles. The lowest BCUT2D eigenvalue weighted by Crippen LogP contribution is -2.22. The molecule has 0 atom stereocenters. The van der Waals surface area contributed by atoms with E-state index in [0.29, 0.717) is 6.54 Å². The molecule has 4 aromatic rings. The molecule has 0 aliphatic heterocycles. The minimum absolute atomic E-state index is 0.162. The van der Waals surface area contributed by atoms with E-state index in [1.807, 2.05) is 56.3 Å². The molecule has 0 aliphatic carbocycles. The fraction of sp³-hybridized carbons (Fsp3) is 0.190. The second-order valence-corrected chi connectivity index (χ2v) is 6.65. The Labute approximate surface area is 162 Å². The number of aryl methyl sites for hydroxylation is 1. The summed E-state index contributed by atoms with van der Waals surface area (Å²) in [4.78, 5) is 16.5. The summed E-state index contributed by atoms with van der Waals surface area (Å²) in [5.74, 6) is 0.690. The number of hydrogen-bond donors (Lipinski definition) is 1. The van der Waals surface area contributed by atoms with E-state index in [1.54, 1.807) is 23.4 Å². The number of imidazole rings is 1. The maximum atomic E-state index is 12.2. The summed E-state index contributed by atoms with van der Waals surface area (Å²) in [7, 11) is 0. The van der Waals surface area contributed by atoms with Crippen LogP contribution < -0.4 is 5.43 Å². The molecule has 4 rings (SSSR count). The van der Waals surface area contributed by atoms with E-state index in [9.17, 15) is 4.79 Å². The summed E-state index contributed by atoms with van der Waals surface area (Å²) in [6.45, 7) is 4.89. The molecule has 0 spiro atoms. The van der Waals surface area contributed by atoms with E-state index in [1.165, 1.54) is 0 Å². The van der Waals surface area contributed by atoms with Gasteiger partial charge in [-0.3, -0.25) is 4.79 Å². The Bertz CT molecular complexity index is 1140. The molecule has 0 unspecified atom stereocenters. The van der Waals surface area contributed by atoms with Gasteiger partial charge >= 0.3 is 0 Å². The maximum absolute atomic E-state index is 12.2. The Hall–Kier alpha value is -3.61. The van der Waals surface area contributed by atoms with Gasteiger partial charge in [-0.15, -0.1) is 0 Å². The minimum Gasteiger partial charge on any atom is -0.467 e. The van der Waals surface area contributed by atoms with E-state index in [-0.39, 0.29) is 12.5 Å². The molecule has 0 saturated carbocycles. The van der Waals surface area contributed by atoms with E-state index >= 15 is 0 Å². The van der Waals surface area contributed by atoms with E-state index < -0.39 is 0 Å². The third-order valence-corrected chi connectivity index (χ3v) is 4.74. The number of amides is 1. The number of rotatable bonds is 6. The molecule has 1 N–H and O–H groups in total. The smallest absolute Gasteiger partial charge is 0.260 e. The average Bonchev–Trinajstić information content (AvgIpc) is 3.40. The van der Waals surface area contributed by atoms with Crippen LogP contribution in [0.25, 0.3) is 11.0 Å². The number of aromatic nitrogens is 3. The van der Waals surface area contributed by atoms with Gasteiger partial charge in [-0.25, -0.2) is 10.4 Å². The average molecular weight is 375 g/mol. The Balaban J connectivity index is 1.41. The van der Waals surface area contributed by atoms with Crippen molar-refractivity contribution in [3.63, 3.8) is 0 Å². The van der Waals surface area contributed by atoms with Crippen molar-refractivity contribution >= 4 is 23.2 Å². The summed E-state index contributed by atoms with van der Waals surface area (Å²) < 4.78 is 9.38. The van der Waals surface area contributed by atoms with Crippen LogP contribution in [0, 0.1) is 13.8 Å². The number of hydrazone groups is 1. The Morgan fingerprint density at radius 3 is 2.93 bits per heavy atom. The highest BCUT2D eigenvalue weighted by Crippen LogP contribution is 2.16.